The first kappa shape index (κ1) is 14.8. The van der Waals surface area contributed by atoms with Crippen LogP contribution in [0.15, 0.2) is 22.9 Å². The van der Waals surface area contributed by atoms with Crippen LogP contribution in [0, 0.1) is 0 Å². The number of hydrogen-bond donors (Lipinski definition) is 0. The monoisotopic (exact) mass is 346 g/mol. The van der Waals surface area contributed by atoms with Crippen molar-refractivity contribution in [1.82, 2.24) is 9.97 Å². The number of halogens is 3. The third kappa shape index (κ3) is 3.21. The van der Waals surface area contributed by atoms with Crippen LogP contribution < -0.4 is 0 Å². The molecule has 3 heterocycles. The molecule has 3 aromatic rings. The summed E-state index contributed by atoms with van der Waals surface area (Å²) in [5.41, 5.74) is 0.995. The van der Waals surface area contributed by atoms with E-state index in [0.29, 0.717) is 11.0 Å². The third-order valence-electron chi connectivity index (χ3n) is 2.70. The summed E-state index contributed by atoms with van der Waals surface area (Å²) in [5, 5.41) is 5.07. The van der Waals surface area contributed by atoms with Crippen molar-refractivity contribution in [3.63, 3.8) is 0 Å². The second-order valence-corrected chi connectivity index (χ2v) is 6.31. The number of aromatic nitrogens is 2. The van der Waals surface area contributed by atoms with Gasteiger partial charge >= 0.3 is 0 Å². The summed E-state index contributed by atoms with van der Waals surface area (Å²) in [7, 11) is 0. The van der Waals surface area contributed by atoms with E-state index in [0.717, 1.165) is 20.7 Å². The molecule has 0 spiro atoms. The van der Waals surface area contributed by atoms with Crippen LogP contribution in [0.5, 0.6) is 0 Å². The lowest BCUT2D eigenvalue weighted by Gasteiger charge is -2.04. The topological polar surface area (TPSA) is 35.0 Å². The predicted molar refractivity (Wildman–Crippen MR) is 81.4 cm³/mol. The summed E-state index contributed by atoms with van der Waals surface area (Å²) < 4.78 is 28.9. The van der Waals surface area contributed by atoms with E-state index in [4.69, 9.17) is 16.3 Å². The van der Waals surface area contributed by atoms with Crippen molar-refractivity contribution in [2.45, 2.75) is 13.0 Å². The van der Waals surface area contributed by atoms with E-state index in [1.54, 1.807) is 11.3 Å². The van der Waals surface area contributed by atoms with E-state index in [9.17, 15) is 8.78 Å². The summed E-state index contributed by atoms with van der Waals surface area (Å²) in [6.45, 7) is -0.712. The van der Waals surface area contributed by atoms with Gasteiger partial charge in [0.2, 0.25) is 0 Å². The predicted octanol–water partition coefficient (Wildman–Crippen LogP) is 4.85. The van der Waals surface area contributed by atoms with Crippen molar-refractivity contribution < 1.29 is 13.5 Å². The van der Waals surface area contributed by atoms with Gasteiger partial charge in [-0.25, -0.2) is 18.7 Å². The molecule has 3 nitrogen and oxygen atoms in total. The first-order chi connectivity index (χ1) is 10.1. The summed E-state index contributed by atoms with van der Waals surface area (Å²) in [5.74, 6) is 0.313. The normalized spacial score (nSPS) is 11.6. The molecule has 110 valence electrons. The molecule has 0 bridgehead atoms. The molecule has 0 aliphatic rings. The van der Waals surface area contributed by atoms with Crippen molar-refractivity contribution >= 4 is 44.5 Å². The fourth-order valence-corrected chi connectivity index (χ4v) is 3.98. The molecule has 0 saturated carbocycles. The van der Waals surface area contributed by atoms with Gasteiger partial charge < -0.3 is 4.74 Å². The Morgan fingerprint density at radius 1 is 1.29 bits per heavy atom. The maximum Gasteiger partial charge on any atom is 0.261 e. The van der Waals surface area contributed by atoms with Crippen LogP contribution in [0.1, 0.15) is 5.82 Å². The molecular weight excluding hydrogens is 338 g/mol. The third-order valence-corrected chi connectivity index (χ3v) is 4.75. The van der Waals surface area contributed by atoms with E-state index < -0.39 is 13.0 Å². The Labute approximate surface area is 132 Å². The molecule has 0 saturated heterocycles. The lowest BCUT2D eigenvalue weighted by molar-refractivity contribution is 0.00778. The van der Waals surface area contributed by atoms with Gasteiger partial charge in [-0.15, -0.1) is 22.7 Å². The van der Waals surface area contributed by atoms with Crippen LogP contribution in [0.2, 0.25) is 5.15 Å². The van der Waals surface area contributed by atoms with Crippen LogP contribution in [0.4, 0.5) is 8.78 Å². The molecule has 0 atom stereocenters. The standard InChI is InChI=1S/C13H9ClF2N2OS2/c14-12-11-7(8-2-1-3-20-8)6-21-13(11)18-10(17-12)5-19-4-9(15)16/h1-3,6,9H,4-5H2. The fourth-order valence-electron chi connectivity index (χ4n) is 1.86. The average molecular weight is 347 g/mol. The van der Waals surface area contributed by atoms with Crippen LogP contribution >= 0.6 is 34.3 Å². The lowest BCUT2D eigenvalue weighted by Crippen LogP contribution is -2.06. The van der Waals surface area contributed by atoms with Crippen molar-refractivity contribution in [1.29, 1.82) is 0 Å². The van der Waals surface area contributed by atoms with Gasteiger partial charge in [-0.3, -0.25) is 0 Å². The molecule has 0 aliphatic carbocycles. The maximum atomic E-state index is 12.0. The first-order valence-electron chi connectivity index (χ1n) is 5.98. The highest BCUT2D eigenvalue weighted by atomic mass is 35.5. The Hall–Kier alpha value is -1.15. The number of nitrogens with zero attached hydrogens (tertiary/aromatic N) is 2. The molecular formula is C13H9ClF2N2OS2. The van der Waals surface area contributed by atoms with Crippen LogP contribution in [0.25, 0.3) is 20.7 Å². The van der Waals surface area contributed by atoms with Gasteiger partial charge in [0.05, 0.1) is 5.39 Å². The minimum absolute atomic E-state index is 0.0771. The second-order valence-electron chi connectivity index (χ2n) is 4.14. The largest absolute Gasteiger partial charge is 0.368 e. The van der Waals surface area contributed by atoms with Gasteiger partial charge in [-0.1, -0.05) is 17.7 Å². The molecule has 0 amide bonds. The number of fused-ring (bicyclic) bond motifs is 1. The zero-order valence-electron chi connectivity index (χ0n) is 10.6. The highest BCUT2D eigenvalue weighted by Gasteiger charge is 2.15. The van der Waals surface area contributed by atoms with Crippen molar-refractivity contribution in [2.75, 3.05) is 6.61 Å². The molecule has 0 N–H and O–H groups in total. The Balaban J connectivity index is 1.91. The Bertz CT molecular complexity index is 746. The summed E-state index contributed by atoms with van der Waals surface area (Å²) in [4.78, 5) is 10.3. The zero-order chi connectivity index (χ0) is 14.8. The minimum Gasteiger partial charge on any atom is -0.368 e. The molecule has 0 aliphatic heterocycles. The molecule has 0 unspecified atom stereocenters. The molecule has 0 radical (unpaired) electrons. The van der Waals surface area contributed by atoms with Crippen LogP contribution in [-0.2, 0) is 11.3 Å². The molecule has 21 heavy (non-hydrogen) atoms. The minimum atomic E-state index is -2.50. The Morgan fingerprint density at radius 3 is 2.86 bits per heavy atom. The number of ether oxygens (including phenoxy) is 1. The highest BCUT2D eigenvalue weighted by molar-refractivity contribution is 7.18. The summed E-state index contributed by atoms with van der Waals surface area (Å²) in [6.07, 6.45) is -2.50. The van der Waals surface area contributed by atoms with Crippen molar-refractivity contribution in [3.05, 3.63) is 33.9 Å². The summed E-state index contributed by atoms with van der Waals surface area (Å²) >= 11 is 9.28. The quantitative estimate of drug-likeness (QED) is 0.619. The van der Waals surface area contributed by atoms with Crippen molar-refractivity contribution in [3.8, 4) is 10.4 Å². The molecule has 0 fully saturated rings. The van der Waals surface area contributed by atoms with E-state index in [-0.39, 0.29) is 6.61 Å². The fraction of sp³-hybridized carbons (Fsp3) is 0.231. The van der Waals surface area contributed by atoms with Crippen LogP contribution in [0.3, 0.4) is 0 Å². The number of alkyl halides is 2. The molecule has 8 heteroatoms. The van der Waals surface area contributed by atoms with E-state index in [1.165, 1.54) is 11.3 Å². The summed E-state index contributed by atoms with van der Waals surface area (Å²) in [6, 6.07) is 3.97. The average Bonchev–Trinajstić information content (AvgIpc) is 3.06. The number of rotatable bonds is 5. The van der Waals surface area contributed by atoms with E-state index in [2.05, 4.69) is 9.97 Å². The van der Waals surface area contributed by atoms with Gasteiger partial charge in [-0.05, 0) is 11.4 Å². The van der Waals surface area contributed by atoms with E-state index >= 15 is 0 Å². The zero-order valence-corrected chi connectivity index (χ0v) is 12.9. The molecule has 0 aromatic carbocycles. The van der Waals surface area contributed by atoms with Crippen LogP contribution in [-0.4, -0.2) is 23.0 Å². The van der Waals surface area contributed by atoms with Crippen molar-refractivity contribution in [2.24, 2.45) is 0 Å². The van der Waals surface area contributed by atoms with Gasteiger partial charge in [0.15, 0.2) is 5.82 Å². The van der Waals surface area contributed by atoms with Gasteiger partial charge in [0, 0.05) is 15.8 Å². The Morgan fingerprint density at radius 2 is 2.14 bits per heavy atom. The maximum absolute atomic E-state index is 12.0. The molecule has 3 aromatic heterocycles. The lowest BCUT2D eigenvalue weighted by atomic mass is 10.2. The van der Waals surface area contributed by atoms with Gasteiger partial charge in [0.1, 0.15) is 23.2 Å². The number of thiophene rings is 2. The highest BCUT2D eigenvalue weighted by Crippen LogP contribution is 2.38. The number of hydrogen-bond acceptors (Lipinski definition) is 5. The SMILES string of the molecule is FC(F)COCc1nc(Cl)c2c(-c3cccs3)csc2n1. The molecule has 3 rings (SSSR count). The van der Waals surface area contributed by atoms with E-state index in [1.807, 2.05) is 22.9 Å². The van der Waals surface area contributed by atoms with Gasteiger partial charge in [-0.2, -0.15) is 0 Å². The Kier molecular flexibility index (Phi) is 4.44. The second kappa shape index (κ2) is 6.31. The van der Waals surface area contributed by atoms with Gasteiger partial charge in [0.25, 0.3) is 6.43 Å². The first-order valence-corrected chi connectivity index (χ1v) is 8.12. The smallest absolute Gasteiger partial charge is 0.261 e.